The standard InChI is InChI=1S/C16H19BrN2/c1-19(2)16-9-4-3-7-14(16)12-18-11-13-6-5-8-15(17)10-13/h3-10,18H,11-12H2,1-2H3. The molecule has 19 heavy (non-hydrogen) atoms. The van der Waals surface area contributed by atoms with Crippen LogP contribution in [-0.2, 0) is 13.1 Å². The first-order valence-electron chi connectivity index (χ1n) is 6.37. The van der Waals surface area contributed by atoms with Crippen LogP contribution in [0, 0.1) is 0 Å². The minimum Gasteiger partial charge on any atom is -0.377 e. The van der Waals surface area contributed by atoms with Crippen molar-refractivity contribution in [3.8, 4) is 0 Å². The zero-order valence-electron chi connectivity index (χ0n) is 11.4. The second-order valence-electron chi connectivity index (χ2n) is 4.76. The first kappa shape index (κ1) is 14.1. The van der Waals surface area contributed by atoms with Crippen molar-refractivity contribution in [1.82, 2.24) is 5.32 Å². The number of para-hydroxylation sites is 1. The first-order valence-corrected chi connectivity index (χ1v) is 7.16. The fourth-order valence-electron chi connectivity index (χ4n) is 2.09. The number of rotatable bonds is 5. The minimum absolute atomic E-state index is 0.876. The SMILES string of the molecule is CN(C)c1ccccc1CNCc1cccc(Br)c1. The highest BCUT2D eigenvalue weighted by Crippen LogP contribution is 2.18. The van der Waals surface area contributed by atoms with Gasteiger partial charge in [-0.3, -0.25) is 0 Å². The van der Waals surface area contributed by atoms with Gasteiger partial charge in [0.1, 0.15) is 0 Å². The van der Waals surface area contributed by atoms with E-state index >= 15 is 0 Å². The van der Waals surface area contributed by atoms with Crippen molar-refractivity contribution in [2.24, 2.45) is 0 Å². The molecule has 0 aliphatic carbocycles. The number of hydrogen-bond acceptors (Lipinski definition) is 2. The molecule has 0 spiro atoms. The van der Waals surface area contributed by atoms with Gasteiger partial charge < -0.3 is 10.2 Å². The fraction of sp³-hybridized carbons (Fsp3) is 0.250. The van der Waals surface area contributed by atoms with Gasteiger partial charge in [-0.1, -0.05) is 46.3 Å². The molecule has 0 heterocycles. The highest BCUT2D eigenvalue weighted by atomic mass is 79.9. The molecule has 0 fully saturated rings. The van der Waals surface area contributed by atoms with Crippen LogP contribution >= 0.6 is 15.9 Å². The van der Waals surface area contributed by atoms with Gasteiger partial charge in [-0.15, -0.1) is 0 Å². The van der Waals surface area contributed by atoms with E-state index in [1.165, 1.54) is 16.8 Å². The van der Waals surface area contributed by atoms with Crippen LogP contribution in [0.25, 0.3) is 0 Å². The largest absolute Gasteiger partial charge is 0.377 e. The summed E-state index contributed by atoms with van der Waals surface area (Å²) in [7, 11) is 4.15. The summed E-state index contributed by atoms with van der Waals surface area (Å²) in [5.74, 6) is 0. The van der Waals surface area contributed by atoms with Crippen molar-refractivity contribution < 1.29 is 0 Å². The first-order chi connectivity index (χ1) is 9.16. The fourth-order valence-corrected chi connectivity index (χ4v) is 2.53. The van der Waals surface area contributed by atoms with E-state index in [1.54, 1.807) is 0 Å². The molecule has 2 rings (SSSR count). The lowest BCUT2D eigenvalue weighted by atomic mass is 10.1. The molecule has 1 N–H and O–H groups in total. The number of nitrogens with zero attached hydrogens (tertiary/aromatic N) is 1. The van der Waals surface area contributed by atoms with Crippen molar-refractivity contribution >= 4 is 21.6 Å². The molecule has 2 aromatic rings. The van der Waals surface area contributed by atoms with Gasteiger partial charge in [-0.05, 0) is 29.3 Å². The smallest absolute Gasteiger partial charge is 0.0406 e. The lowest BCUT2D eigenvalue weighted by molar-refractivity contribution is 0.692. The molecule has 0 amide bonds. The Bertz CT molecular complexity index is 538. The highest BCUT2D eigenvalue weighted by molar-refractivity contribution is 9.10. The predicted octanol–water partition coefficient (Wildman–Crippen LogP) is 3.80. The van der Waals surface area contributed by atoms with Crippen LogP contribution in [-0.4, -0.2) is 14.1 Å². The molecule has 0 saturated heterocycles. The molecule has 0 atom stereocenters. The summed E-state index contributed by atoms with van der Waals surface area (Å²) in [6.45, 7) is 1.75. The van der Waals surface area contributed by atoms with Gasteiger partial charge in [0.2, 0.25) is 0 Å². The predicted molar refractivity (Wildman–Crippen MR) is 85.5 cm³/mol. The van der Waals surface area contributed by atoms with Crippen LogP contribution < -0.4 is 10.2 Å². The highest BCUT2D eigenvalue weighted by Gasteiger charge is 2.03. The van der Waals surface area contributed by atoms with E-state index in [0.29, 0.717) is 0 Å². The molecule has 3 heteroatoms. The van der Waals surface area contributed by atoms with Crippen LogP contribution in [0.15, 0.2) is 53.0 Å². The maximum atomic E-state index is 3.50. The number of hydrogen-bond donors (Lipinski definition) is 1. The summed E-state index contributed by atoms with van der Waals surface area (Å²) in [6.07, 6.45) is 0. The Morgan fingerprint density at radius 3 is 2.53 bits per heavy atom. The van der Waals surface area contributed by atoms with Crippen molar-refractivity contribution in [1.29, 1.82) is 0 Å². The van der Waals surface area contributed by atoms with E-state index in [4.69, 9.17) is 0 Å². The van der Waals surface area contributed by atoms with Gasteiger partial charge in [0.25, 0.3) is 0 Å². The van der Waals surface area contributed by atoms with Crippen molar-refractivity contribution in [3.63, 3.8) is 0 Å². The number of halogens is 1. The van der Waals surface area contributed by atoms with Gasteiger partial charge in [0, 0.05) is 37.3 Å². The van der Waals surface area contributed by atoms with Gasteiger partial charge in [-0.25, -0.2) is 0 Å². The topological polar surface area (TPSA) is 15.3 Å². The van der Waals surface area contributed by atoms with Crippen LogP contribution in [0.2, 0.25) is 0 Å². The molecule has 0 aliphatic rings. The van der Waals surface area contributed by atoms with E-state index in [2.05, 4.69) is 82.7 Å². The zero-order chi connectivity index (χ0) is 13.7. The third kappa shape index (κ3) is 4.08. The van der Waals surface area contributed by atoms with Crippen LogP contribution in [0.4, 0.5) is 5.69 Å². The van der Waals surface area contributed by atoms with Gasteiger partial charge >= 0.3 is 0 Å². The van der Waals surface area contributed by atoms with Crippen molar-refractivity contribution in [2.45, 2.75) is 13.1 Å². The van der Waals surface area contributed by atoms with E-state index in [-0.39, 0.29) is 0 Å². The van der Waals surface area contributed by atoms with Crippen molar-refractivity contribution in [2.75, 3.05) is 19.0 Å². The molecule has 0 radical (unpaired) electrons. The van der Waals surface area contributed by atoms with Crippen LogP contribution in [0.3, 0.4) is 0 Å². The van der Waals surface area contributed by atoms with Crippen LogP contribution in [0.1, 0.15) is 11.1 Å². The summed E-state index contributed by atoms with van der Waals surface area (Å²) < 4.78 is 1.13. The number of anilines is 1. The Kier molecular flexibility index (Phi) is 5.00. The molecule has 2 aromatic carbocycles. The molecule has 0 saturated carbocycles. The Hall–Kier alpha value is -1.32. The maximum Gasteiger partial charge on any atom is 0.0406 e. The summed E-state index contributed by atoms with van der Waals surface area (Å²) in [4.78, 5) is 2.15. The molecule has 2 nitrogen and oxygen atoms in total. The summed E-state index contributed by atoms with van der Waals surface area (Å²) in [5, 5.41) is 3.49. The zero-order valence-corrected chi connectivity index (χ0v) is 12.9. The van der Waals surface area contributed by atoms with Crippen LogP contribution in [0.5, 0.6) is 0 Å². The van der Waals surface area contributed by atoms with Crippen molar-refractivity contribution in [3.05, 3.63) is 64.1 Å². The van der Waals surface area contributed by atoms with E-state index < -0.39 is 0 Å². The maximum absolute atomic E-state index is 3.50. The van der Waals surface area contributed by atoms with E-state index in [1.807, 2.05) is 6.07 Å². The summed E-state index contributed by atoms with van der Waals surface area (Å²) in [5.41, 5.74) is 3.88. The van der Waals surface area contributed by atoms with Gasteiger partial charge in [-0.2, -0.15) is 0 Å². The molecular weight excluding hydrogens is 300 g/mol. The molecule has 0 aliphatic heterocycles. The Morgan fingerprint density at radius 1 is 1.00 bits per heavy atom. The average molecular weight is 319 g/mol. The monoisotopic (exact) mass is 318 g/mol. The lowest BCUT2D eigenvalue weighted by Gasteiger charge is -2.17. The van der Waals surface area contributed by atoms with Gasteiger partial charge in [0.05, 0.1) is 0 Å². The molecule has 0 bridgehead atoms. The Balaban J connectivity index is 1.96. The normalized spacial score (nSPS) is 10.5. The molecule has 100 valence electrons. The van der Waals surface area contributed by atoms with Gasteiger partial charge in [0.15, 0.2) is 0 Å². The lowest BCUT2D eigenvalue weighted by Crippen LogP contribution is -2.17. The minimum atomic E-state index is 0.876. The summed E-state index contributed by atoms with van der Waals surface area (Å²) in [6, 6.07) is 16.9. The average Bonchev–Trinajstić information content (AvgIpc) is 2.39. The number of nitrogens with one attached hydrogen (secondary N) is 1. The second-order valence-corrected chi connectivity index (χ2v) is 5.67. The molecule has 0 aromatic heterocycles. The molecule has 0 unspecified atom stereocenters. The van der Waals surface area contributed by atoms with E-state index in [9.17, 15) is 0 Å². The summed E-state index contributed by atoms with van der Waals surface area (Å²) >= 11 is 3.50. The second kappa shape index (κ2) is 6.73. The van der Waals surface area contributed by atoms with E-state index in [0.717, 1.165) is 17.6 Å². The molecular formula is C16H19BrN2. The Labute approximate surface area is 123 Å². The quantitative estimate of drug-likeness (QED) is 0.902. The third-order valence-electron chi connectivity index (χ3n) is 3.01. The third-order valence-corrected chi connectivity index (χ3v) is 3.50. The Morgan fingerprint density at radius 2 is 1.79 bits per heavy atom. The number of benzene rings is 2.